The summed E-state index contributed by atoms with van der Waals surface area (Å²) < 4.78 is 7.00. The van der Waals surface area contributed by atoms with E-state index in [0.29, 0.717) is 40.1 Å². The largest absolute Gasteiger partial charge is 0.338 e. The predicted octanol–water partition coefficient (Wildman–Crippen LogP) is 3.76. The van der Waals surface area contributed by atoms with Crippen molar-refractivity contribution in [1.29, 1.82) is 0 Å². The van der Waals surface area contributed by atoms with Crippen LogP contribution in [0, 0.1) is 0 Å². The summed E-state index contributed by atoms with van der Waals surface area (Å²) in [7, 11) is 0. The maximum atomic E-state index is 12.6. The molecule has 0 unspecified atom stereocenters. The maximum Gasteiger partial charge on any atom is 0.262 e. The van der Waals surface area contributed by atoms with Crippen molar-refractivity contribution < 1.29 is 4.52 Å². The van der Waals surface area contributed by atoms with Crippen molar-refractivity contribution in [3.8, 4) is 11.4 Å². The van der Waals surface area contributed by atoms with Crippen LogP contribution < -0.4 is 5.56 Å². The van der Waals surface area contributed by atoms with Gasteiger partial charge in [-0.2, -0.15) is 4.98 Å². The fourth-order valence-corrected chi connectivity index (χ4v) is 3.58. The topological polar surface area (TPSA) is 73.8 Å². The van der Waals surface area contributed by atoms with Gasteiger partial charge in [-0.1, -0.05) is 59.4 Å². The van der Waals surface area contributed by atoms with E-state index in [9.17, 15) is 4.79 Å². The van der Waals surface area contributed by atoms with Gasteiger partial charge in [0, 0.05) is 12.1 Å². The Bertz CT molecular complexity index is 1110. The summed E-state index contributed by atoms with van der Waals surface area (Å²) in [6.45, 7) is 2.49. The Kier molecular flexibility index (Phi) is 4.53. The quantitative estimate of drug-likeness (QED) is 0.396. The molecule has 0 aliphatic carbocycles. The van der Waals surface area contributed by atoms with Crippen LogP contribution in [0.2, 0.25) is 0 Å². The first kappa shape index (κ1) is 16.5. The van der Waals surface area contributed by atoms with E-state index in [4.69, 9.17) is 4.52 Å². The Balaban J connectivity index is 1.60. The molecule has 6 nitrogen and oxygen atoms in total. The van der Waals surface area contributed by atoms with Gasteiger partial charge in [0.1, 0.15) is 0 Å². The van der Waals surface area contributed by atoms with E-state index in [1.807, 2.05) is 55.5 Å². The molecule has 4 aromatic rings. The van der Waals surface area contributed by atoms with Crippen LogP contribution in [0.25, 0.3) is 22.3 Å². The highest BCUT2D eigenvalue weighted by atomic mass is 32.2. The van der Waals surface area contributed by atoms with Crippen LogP contribution >= 0.6 is 11.8 Å². The number of benzene rings is 2. The molecule has 0 atom stereocenters. The smallest absolute Gasteiger partial charge is 0.262 e. The molecule has 4 rings (SSSR count). The first-order valence-corrected chi connectivity index (χ1v) is 9.25. The highest BCUT2D eigenvalue weighted by Crippen LogP contribution is 2.23. The normalized spacial score (nSPS) is 11.1. The minimum absolute atomic E-state index is 0.0314. The van der Waals surface area contributed by atoms with Crippen LogP contribution in [0.15, 0.2) is 69.1 Å². The van der Waals surface area contributed by atoms with Crippen molar-refractivity contribution in [2.75, 3.05) is 0 Å². The number of nitrogens with zero attached hydrogens (tertiary/aromatic N) is 4. The average molecular weight is 364 g/mol. The molecule has 2 heterocycles. The zero-order chi connectivity index (χ0) is 17.9. The van der Waals surface area contributed by atoms with Gasteiger partial charge in [0.05, 0.1) is 16.7 Å². The molecule has 0 amide bonds. The average Bonchev–Trinajstić information content (AvgIpc) is 3.16. The molecule has 0 aliphatic rings. The maximum absolute atomic E-state index is 12.6. The lowest BCUT2D eigenvalue weighted by molar-refractivity contribution is 0.391. The minimum Gasteiger partial charge on any atom is -0.338 e. The van der Waals surface area contributed by atoms with E-state index in [0.717, 1.165) is 5.56 Å². The standard InChI is InChI=1S/C19H16N4O2S/c1-2-23-18(24)14-10-6-7-11-15(14)20-19(23)26-12-16-21-17(22-25-16)13-8-4-3-5-9-13/h3-11H,2,12H2,1H3. The molecule has 26 heavy (non-hydrogen) atoms. The van der Waals surface area contributed by atoms with Gasteiger partial charge < -0.3 is 4.52 Å². The van der Waals surface area contributed by atoms with Gasteiger partial charge in [0.25, 0.3) is 5.56 Å². The fraction of sp³-hybridized carbons (Fsp3) is 0.158. The number of rotatable bonds is 5. The van der Waals surface area contributed by atoms with E-state index >= 15 is 0 Å². The van der Waals surface area contributed by atoms with Gasteiger partial charge in [-0.15, -0.1) is 0 Å². The minimum atomic E-state index is -0.0314. The van der Waals surface area contributed by atoms with E-state index in [2.05, 4.69) is 15.1 Å². The Morgan fingerprint density at radius 2 is 1.81 bits per heavy atom. The van der Waals surface area contributed by atoms with Crippen molar-refractivity contribution in [2.24, 2.45) is 0 Å². The lowest BCUT2D eigenvalue weighted by Gasteiger charge is -2.10. The second kappa shape index (κ2) is 7.13. The van der Waals surface area contributed by atoms with Crippen LogP contribution in [0.4, 0.5) is 0 Å². The molecule has 0 fully saturated rings. The SMILES string of the molecule is CCn1c(SCc2nc(-c3ccccc3)no2)nc2ccccc2c1=O. The second-order valence-electron chi connectivity index (χ2n) is 5.63. The van der Waals surface area contributed by atoms with Crippen LogP contribution in [0.1, 0.15) is 12.8 Å². The lowest BCUT2D eigenvalue weighted by Crippen LogP contribution is -2.22. The van der Waals surface area contributed by atoms with Crippen LogP contribution in [0.5, 0.6) is 0 Å². The van der Waals surface area contributed by atoms with Crippen LogP contribution in [0.3, 0.4) is 0 Å². The molecule has 130 valence electrons. The summed E-state index contributed by atoms with van der Waals surface area (Å²) in [6, 6.07) is 17.0. The van der Waals surface area contributed by atoms with Gasteiger partial charge in [-0.05, 0) is 19.1 Å². The molecule has 2 aromatic heterocycles. The lowest BCUT2D eigenvalue weighted by atomic mass is 10.2. The van der Waals surface area contributed by atoms with E-state index in [1.165, 1.54) is 11.8 Å². The number of para-hydroxylation sites is 1. The second-order valence-corrected chi connectivity index (χ2v) is 6.57. The molecule has 0 saturated heterocycles. The van der Waals surface area contributed by atoms with Crippen molar-refractivity contribution >= 4 is 22.7 Å². The first-order chi connectivity index (χ1) is 12.8. The van der Waals surface area contributed by atoms with Crippen molar-refractivity contribution in [2.45, 2.75) is 24.4 Å². The predicted molar refractivity (Wildman–Crippen MR) is 101 cm³/mol. The van der Waals surface area contributed by atoms with Crippen molar-refractivity contribution in [1.82, 2.24) is 19.7 Å². The Morgan fingerprint density at radius 1 is 1.04 bits per heavy atom. The van der Waals surface area contributed by atoms with Gasteiger partial charge in [0.2, 0.25) is 11.7 Å². The van der Waals surface area contributed by atoms with Crippen molar-refractivity contribution in [3.05, 3.63) is 70.8 Å². The van der Waals surface area contributed by atoms with Gasteiger partial charge in [0.15, 0.2) is 5.16 Å². The number of fused-ring (bicyclic) bond motifs is 1. The third-order valence-electron chi connectivity index (χ3n) is 3.97. The van der Waals surface area contributed by atoms with E-state index in [-0.39, 0.29) is 5.56 Å². The third-order valence-corrected chi connectivity index (χ3v) is 4.93. The zero-order valence-corrected chi connectivity index (χ0v) is 14.9. The molecule has 0 saturated carbocycles. The number of hydrogen-bond donors (Lipinski definition) is 0. The molecule has 0 bridgehead atoms. The van der Waals surface area contributed by atoms with Crippen molar-refractivity contribution in [3.63, 3.8) is 0 Å². The third kappa shape index (κ3) is 3.13. The summed E-state index contributed by atoms with van der Waals surface area (Å²) in [4.78, 5) is 21.7. The summed E-state index contributed by atoms with van der Waals surface area (Å²) in [5.41, 5.74) is 1.57. The molecule has 0 radical (unpaired) electrons. The molecule has 0 N–H and O–H groups in total. The van der Waals surface area contributed by atoms with Gasteiger partial charge in [-0.25, -0.2) is 4.98 Å². The van der Waals surface area contributed by atoms with E-state index in [1.54, 1.807) is 10.6 Å². The van der Waals surface area contributed by atoms with Crippen LogP contribution in [-0.2, 0) is 12.3 Å². The Labute approximate surface area is 153 Å². The summed E-state index contributed by atoms with van der Waals surface area (Å²) in [5, 5.41) is 5.30. The molecular weight excluding hydrogens is 348 g/mol. The first-order valence-electron chi connectivity index (χ1n) is 8.26. The summed E-state index contributed by atoms with van der Waals surface area (Å²) >= 11 is 1.42. The monoisotopic (exact) mass is 364 g/mol. The molecule has 0 aliphatic heterocycles. The number of hydrogen-bond acceptors (Lipinski definition) is 6. The Hall–Kier alpha value is -2.93. The summed E-state index contributed by atoms with van der Waals surface area (Å²) in [6.07, 6.45) is 0. The molecule has 2 aromatic carbocycles. The molecule has 0 spiro atoms. The molecular formula is C19H16N4O2S. The molecule has 7 heteroatoms. The van der Waals surface area contributed by atoms with Gasteiger partial charge in [-0.3, -0.25) is 9.36 Å². The number of thioether (sulfide) groups is 1. The highest BCUT2D eigenvalue weighted by molar-refractivity contribution is 7.98. The van der Waals surface area contributed by atoms with E-state index < -0.39 is 0 Å². The highest BCUT2D eigenvalue weighted by Gasteiger charge is 2.13. The van der Waals surface area contributed by atoms with Gasteiger partial charge >= 0.3 is 0 Å². The fourth-order valence-electron chi connectivity index (χ4n) is 2.68. The Morgan fingerprint density at radius 3 is 2.62 bits per heavy atom. The zero-order valence-electron chi connectivity index (χ0n) is 14.1. The van der Waals surface area contributed by atoms with Crippen LogP contribution in [-0.4, -0.2) is 19.7 Å². The number of aromatic nitrogens is 4. The summed E-state index contributed by atoms with van der Waals surface area (Å²) in [5.74, 6) is 1.50.